The van der Waals surface area contributed by atoms with E-state index in [0.717, 1.165) is 29.9 Å². The molecule has 0 aliphatic rings. The van der Waals surface area contributed by atoms with Crippen molar-refractivity contribution in [3.05, 3.63) is 59.5 Å². The van der Waals surface area contributed by atoms with Crippen LogP contribution in [0.15, 0.2) is 52.1 Å². The topological polar surface area (TPSA) is 49.6 Å². The van der Waals surface area contributed by atoms with Gasteiger partial charge in [-0.2, -0.15) is 13.2 Å². The molecule has 138 valence electrons. The smallest absolute Gasteiger partial charge is 0.416 e. The molecule has 0 radical (unpaired) electrons. The molecule has 0 unspecified atom stereocenters. The monoisotopic (exact) mass is 467 g/mol. The van der Waals surface area contributed by atoms with Crippen LogP contribution in [0.1, 0.15) is 16.9 Å². The number of aliphatic imine (C=N–C) groups is 1. The van der Waals surface area contributed by atoms with Gasteiger partial charge in [0, 0.05) is 26.6 Å². The van der Waals surface area contributed by atoms with Crippen molar-refractivity contribution in [1.29, 1.82) is 0 Å². The largest absolute Gasteiger partial charge is 0.469 e. The predicted octanol–water partition coefficient (Wildman–Crippen LogP) is 3.87. The van der Waals surface area contributed by atoms with Gasteiger partial charge in [0.1, 0.15) is 5.76 Å². The quantitative estimate of drug-likeness (QED) is 0.386. The van der Waals surface area contributed by atoms with Gasteiger partial charge in [0.15, 0.2) is 5.96 Å². The number of alkyl halides is 3. The van der Waals surface area contributed by atoms with Crippen LogP contribution in [0.2, 0.25) is 0 Å². The number of nitrogens with one attached hydrogen (secondary N) is 2. The first kappa shape index (κ1) is 21.3. The van der Waals surface area contributed by atoms with Crippen LogP contribution in [0.3, 0.4) is 0 Å². The van der Waals surface area contributed by atoms with Gasteiger partial charge in [-0.05, 0) is 36.2 Å². The summed E-state index contributed by atoms with van der Waals surface area (Å²) in [5.41, 5.74) is 0.205. The van der Waals surface area contributed by atoms with Gasteiger partial charge in [0.2, 0.25) is 0 Å². The Morgan fingerprint density at radius 2 is 1.68 bits per heavy atom. The third-order valence-electron chi connectivity index (χ3n) is 3.45. The van der Waals surface area contributed by atoms with Crippen molar-refractivity contribution < 1.29 is 17.6 Å². The highest BCUT2D eigenvalue weighted by atomic mass is 127. The molecular weight excluding hydrogens is 446 g/mol. The molecule has 1 aromatic heterocycles. The van der Waals surface area contributed by atoms with Crippen LogP contribution in [0, 0.1) is 0 Å². The van der Waals surface area contributed by atoms with E-state index in [-0.39, 0.29) is 24.0 Å². The van der Waals surface area contributed by atoms with Crippen molar-refractivity contribution in [2.24, 2.45) is 4.99 Å². The molecule has 2 aromatic rings. The van der Waals surface area contributed by atoms with Crippen molar-refractivity contribution in [1.82, 2.24) is 10.6 Å². The molecule has 0 saturated heterocycles. The first-order valence-corrected chi connectivity index (χ1v) is 7.62. The number of halogens is 4. The van der Waals surface area contributed by atoms with Crippen LogP contribution < -0.4 is 10.6 Å². The molecule has 8 heteroatoms. The fourth-order valence-corrected chi connectivity index (χ4v) is 2.17. The van der Waals surface area contributed by atoms with Gasteiger partial charge >= 0.3 is 6.18 Å². The Bertz CT molecular complexity index is 640. The number of rotatable bonds is 6. The van der Waals surface area contributed by atoms with Gasteiger partial charge in [-0.3, -0.25) is 4.99 Å². The Labute approximate surface area is 161 Å². The summed E-state index contributed by atoms with van der Waals surface area (Å²) in [6, 6.07) is 8.95. The number of furan rings is 1. The molecule has 0 atom stereocenters. The van der Waals surface area contributed by atoms with Crippen LogP contribution in [-0.4, -0.2) is 26.1 Å². The lowest BCUT2D eigenvalue weighted by atomic mass is 10.1. The molecule has 1 aromatic carbocycles. The molecule has 0 aliphatic carbocycles. The molecule has 1 heterocycles. The van der Waals surface area contributed by atoms with Gasteiger partial charge < -0.3 is 15.1 Å². The van der Waals surface area contributed by atoms with Gasteiger partial charge in [-0.1, -0.05) is 12.1 Å². The van der Waals surface area contributed by atoms with E-state index in [2.05, 4.69) is 15.6 Å². The minimum atomic E-state index is -4.29. The van der Waals surface area contributed by atoms with E-state index < -0.39 is 11.7 Å². The number of guanidine groups is 1. The SMILES string of the molecule is CN=C(NCCc1ccc(C(F)(F)F)cc1)NCCc1ccco1.I. The third-order valence-corrected chi connectivity index (χ3v) is 3.45. The average molecular weight is 467 g/mol. The van der Waals surface area contributed by atoms with Crippen LogP contribution in [-0.2, 0) is 19.0 Å². The summed E-state index contributed by atoms with van der Waals surface area (Å²) in [6.07, 6.45) is -1.31. The minimum Gasteiger partial charge on any atom is -0.469 e. The first-order chi connectivity index (χ1) is 11.5. The molecule has 4 nitrogen and oxygen atoms in total. The molecule has 0 saturated carbocycles. The Hall–Kier alpha value is -1.71. The lowest BCUT2D eigenvalue weighted by Crippen LogP contribution is -2.39. The van der Waals surface area contributed by atoms with E-state index >= 15 is 0 Å². The van der Waals surface area contributed by atoms with Crippen LogP contribution in [0.5, 0.6) is 0 Å². The summed E-state index contributed by atoms with van der Waals surface area (Å²) >= 11 is 0. The zero-order chi connectivity index (χ0) is 17.4. The molecule has 2 rings (SSSR count). The van der Waals surface area contributed by atoms with Crippen LogP contribution >= 0.6 is 24.0 Å². The zero-order valence-electron chi connectivity index (χ0n) is 13.8. The second kappa shape index (κ2) is 10.3. The highest BCUT2D eigenvalue weighted by Gasteiger charge is 2.29. The van der Waals surface area contributed by atoms with Crippen molar-refractivity contribution in [3.8, 4) is 0 Å². The second-order valence-electron chi connectivity index (χ2n) is 5.20. The van der Waals surface area contributed by atoms with Crippen molar-refractivity contribution >= 4 is 29.9 Å². The fourth-order valence-electron chi connectivity index (χ4n) is 2.17. The Morgan fingerprint density at radius 1 is 1.04 bits per heavy atom. The fraction of sp³-hybridized carbons (Fsp3) is 0.353. The zero-order valence-corrected chi connectivity index (χ0v) is 16.1. The summed E-state index contributed by atoms with van der Waals surface area (Å²) < 4.78 is 42.7. The molecule has 2 N–H and O–H groups in total. The van der Waals surface area contributed by atoms with Crippen molar-refractivity contribution in [2.75, 3.05) is 20.1 Å². The maximum Gasteiger partial charge on any atom is 0.416 e. The number of hydrogen-bond donors (Lipinski definition) is 2. The molecule has 25 heavy (non-hydrogen) atoms. The number of nitrogens with zero attached hydrogens (tertiary/aromatic N) is 1. The van der Waals surface area contributed by atoms with Gasteiger partial charge in [0.05, 0.1) is 11.8 Å². The van der Waals surface area contributed by atoms with Gasteiger partial charge in [-0.15, -0.1) is 24.0 Å². The summed E-state index contributed by atoms with van der Waals surface area (Å²) in [4.78, 5) is 4.10. The number of benzene rings is 1. The van der Waals surface area contributed by atoms with E-state index in [4.69, 9.17) is 4.42 Å². The Balaban J connectivity index is 0.00000312. The highest BCUT2D eigenvalue weighted by Crippen LogP contribution is 2.29. The molecule has 0 aliphatic heterocycles. The van der Waals surface area contributed by atoms with Crippen molar-refractivity contribution in [2.45, 2.75) is 19.0 Å². The summed E-state index contributed by atoms with van der Waals surface area (Å²) in [6.45, 7) is 1.25. The summed E-state index contributed by atoms with van der Waals surface area (Å²) in [5.74, 6) is 1.54. The molecule has 0 fully saturated rings. The first-order valence-electron chi connectivity index (χ1n) is 7.62. The lowest BCUT2D eigenvalue weighted by Gasteiger charge is -2.12. The van der Waals surface area contributed by atoms with Crippen LogP contribution in [0.4, 0.5) is 13.2 Å². The Morgan fingerprint density at radius 3 is 2.20 bits per heavy atom. The standard InChI is InChI=1S/C17H20F3N3O.HI/c1-21-16(23-11-9-15-3-2-12-24-15)22-10-8-13-4-6-14(7-5-13)17(18,19)20;/h2-7,12H,8-11H2,1H3,(H2,21,22,23);1H. The predicted molar refractivity (Wildman–Crippen MR) is 102 cm³/mol. The maximum absolute atomic E-state index is 12.5. The Kier molecular flexibility index (Phi) is 8.81. The molecule has 0 amide bonds. The minimum absolute atomic E-state index is 0. The lowest BCUT2D eigenvalue weighted by molar-refractivity contribution is -0.137. The van der Waals surface area contributed by atoms with Gasteiger partial charge in [0.25, 0.3) is 0 Å². The van der Waals surface area contributed by atoms with Crippen LogP contribution in [0.25, 0.3) is 0 Å². The van der Waals surface area contributed by atoms with E-state index in [9.17, 15) is 13.2 Å². The average Bonchev–Trinajstić information content (AvgIpc) is 3.06. The highest BCUT2D eigenvalue weighted by molar-refractivity contribution is 14.0. The summed E-state index contributed by atoms with van der Waals surface area (Å²) in [5, 5.41) is 6.28. The molecule has 0 bridgehead atoms. The molecule has 0 spiro atoms. The van der Waals surface area contributed by atoms with E-state index in [1.54, 1.807) is 13.3 Å². The van der Waals surface area contributed by atoms with E-state index in [0.29, 0.717) is 25.5 Å². The normalized spacial score (nSPS) is 11.8. The number of hydrogen-bond acceptors (Lipinski definition) is 2. The molecular formula is C17H21F3IN3O. The maximum atomic E-state index is 12.5. The summed E-state index contributed by atoms with van der Waals surface area (Å²) in [7, 11) is 1.67. The van der Waals surface area contributed by atoms with E-state index in [1.165, 1.54) is 12.1 Å². The van der Waals surface area contributed by atoms with E-state index in [1.807, 2.05) is 12.1 Å². The van der Waals surface area contributed by atoms with Crippen molar-refractivity contribution in [3.63, 3.8) is 0 Å². The van der Waals surface area contributed by atoms with Gasteiger partial charge in [-0.25, -0.2) is 0 Å². The second-order valence-corrected chi connectivity index (χ2v) is 5.20. The third kappa shape index (κ3) is 7.37.